The fourth-order valence-electron chi connectivity index (χ4n) is 1.95. The van der Waals surface area contributed by atoms with Crippen molar-refractivity contribution < 1.29 is 0 Å². The molecule has 0 saturated carbocycles. The monoisotopic (exact) mass is 260 g/mol. The van der Waals surface area contributed by atoms with E-state index in [4.69, 9.17) is 11.6 Å². The standard InChI is InChI=1S/C15H17ClN2/c1-15(2,3)10-11-5-4-6-12(9-11)13-7-8-17-14(16)18-13/h4-9H,10H2,1-3H3. The van der Waals surface area contributed by atoms with Crippen LogP contribution in [-0.4, -0.2) is 9.97 Å². The van der Waals surface area contributed by atoms with Gasteiger partial charge >= 0.3 is 0 Å². The Labute approximate surface area is 113 Å². The van der Waals surface area contributed by atoms with Gasteiger partial charge in [0, 0.05) is 11.8 Å². The molecule has 18 heavy (non-hydrogen) atoms. The minimum absolute atomic E-state index is 0.280. The first-order valence-electron chi connectivity index (χ1n) is 6.02. The molecular formula is C15H17ClN2. The second kappa shape index (κ2) is 5.07. The van der Waals surface area contributed by atoms with Crippen molar-refractivity contribution in [1.82, 2.24) is 9.97 Å². The normalized spacial score (nSPS) is 11.6. The molecule has 0 saturated heterocycles. The molecule has 0 fully saturated rings. The minimum Gasteiger partial charge on any atom is -0.226 e. The molecule has 0 atom stereocenters. The molecule has 0 N–H and O–H groups in total. The van der Waals surface area contributed by atoms with Crippen LogP contribution >= 0.6 is 11.6 Å². The third kappa shape index (κ3) is 3.54. The Hall–Kier alpha value is -1.41. The number of benzene rings is 1. The minimum atomic E-state index is 0.280. The van der Waals surface area contributed by atoms with Crippen molar-refractivity contribution in [3.8, 4) is 11.3 Å². The van der Waals surface area contributed by atoms with Gasteiger partial charge in [-0.15, -0.1) is 0 Å². The summed E-state index contributed by atoms with van der Waals surface area (Å²) in [5.74, 6) is 0. The quantitative estimate of drug-likeness (QED) is 0.749. The maximum Gasteiger partial charge on any atom is 0.222 e. The van der Waals surface area contributed by atoms with Crippen molar-refractivity contribution in [3.63, 3.8) is 0 Å². The highest BCUT2D eigenvalue weighted by molar-refractivity contribution is 6.28. The Bertz CT molecular complexity index is 544. The zero-order valence-corrected chi connectivity index (χ0v) is 11.7. The van der Waals surface area contributed by atoms with Gasteiger partial charge in [-0.2, -0.15) is 0 Å². The summed E-state index contributed by atoms with van der Waals surface area (Å²) in [5, 5.41) is 0.286. The molecule has 0 unspecified atom stereocenters. The van der Waals surface area contributed by atoms with Crippen molar-refractivity contribution in [2.24, 2.45) is 5.41 Å². The van der Waals surface area contributed by atoms with E-state index in [1.807, 2.05) is 12.1 Å². The zero-order valence-electron chi connectivity index (χ0n) is 10.9. The summed E-state index contributed by atoms with van der Waals surface area (Å²) in [7, 11) is 0. The maximum atomic E-state index is 5.82. The SMILES string of the molecule is CC(C)(C)Cc1cccc(-c2ccnc(Cl)n2)c1. The first kappa shape index (κ1) is 13.0. The number of hydrogen-bond acceptors (Lipinski definition) is 2. The highest BCUT2D eigenvalue weighted by Gasteiger charge is 2.11. The topological polar surface area (TPSA) is 25.8 Å². The van der Waals surface area contributed by atoms with Crippen LogP contribution in [0, 0.1) is 5.41 Å². The van der Waals surface area contributed by atoms with E-state index in [1.54, 1.807) is 6.20 Å². The van der Waals surface area contributed by atoms with Gasteiger partial charge in [0.1, 0.15) is 0 Å². The average molecular weight is 261 g/mol. The molecule has 3 heteroatoms. The smallest absolute Gasteiger partial charge is 0.222 e. The summed E-state index contributed by atoms with van der Waals surface area (Å²) in [6, 6.07) is 10.3. The molecule has 0 amide bonds. The molecule has 0 radical (unpaired) electrons. The van der Waals surface area contributed by atoms with Crippen LogP contribution in [0.3, 0.4) is 0 Å². The van der Waals surface area contributed by atoms with Gasteiger partial charge in [-0.3, -0.25) is 0 Å². The number of aromatic nitrogens is 2. The van der Waals surface area contributed by atoms with Crippen LogP contribution in [0.25, 0.3) is 11.3 Å². The lowest BCUT2D eigenvalue weighted by molar-refractivity contribution is 0.411. The number of hydrogen-bond donors (Lipinski definition) is 0. The molecule has 0 spiro atoms. The predicted octanol–water partition coefficient (Wildman–Crippen LogP) is 4.39. The lowest BCUT2D eigenvalue weighted by Crippen LogP contribution is -2.09. The van der Waals surface area contributed by atoms with E-state index in [2.05, 4.69) is 48.9 Å². The van der Waals surface area contributed by atoms with Crippen LogP contribution in [0.1, 0.15) is 26.3 Å². The van der Waals surface area contributed by atoms with E-state index in [0.717, 1.165) is 17.7 Å². The van der Waals surface area contributed by atoms with Gasteiger partial charge < -0.3 is 0 Å². The summed E-state index contributed by atoms with van der Waals surface area (Å²) in [6.45, 7) is 6.71. The molecule has 0 aliphatic rings. The number of nitrogens with zero attached hydrogens (tertiary/aromatic N) is 2. The van der Waals surface area contributed by atoms with Crippen molar-refractivity contribution in [2.45, 2.75) is 27.2 Å². The molecule has 1 aromatic carbocycles. The Balaban J connectivity index is 2.33. The molecule has 2 aromatic rings. The van der Waals surface area contributed by atoms with E-state index in [1.165, 1.54) is 5.56 Å². The van der Waals surface area contributed by atoms with Crippen molar-refractivity contribution in [1.29, 1.82) is 0 Å². The first-order valence-corrected chi connectivity index (χ1v) is 6.40. The van der Waals surface area contributed by atoms with Crippen LogP contribution in [0.5, 0.6) is 0 Å². The van der Waals surface area contributed by atoms with E-state index in [0.29, 0.717) is 0 Å². The lowest BCUT2D eigenvalue weighted by atomic mass is 9.87. The van der Waals surface area contributed by atoms with Gasteiger partial charge in [-0.05, 0) is 41.1 Å². The van der Waals surface area contributed by atoms with Gasteiger partial charge in [-0.25, -0.2) is 9.97 Å². The van der Waals surface area contributed by atoms with Crippen molar-refractivity contribution >= 4 is 11.6 Å². The maximum absolute atomic E-state index is 5.82. The van der Waals surface area contributed by atoms with Gasteiger partial charge in [-0.1, -0.05) is 39.0 Å². The van der Waals surface area contributed by atoms with E-state index in [9.17, 15) is 0 Å². The fraction of sp³-hybridized carbons (Fsp3) is 0.333. The Morgan fingerprint density at radius 2 is 1.94 bits per heavy atom. The second-order valence-electron chi connectivity index (χ2n) is 5.65. The van der Waals surface area contributed by atoms with Crippen LogP contribution < -0.4 is 0 Å². The molecule has 1 aromatic heterocycles. The van der Waals surface area contributed by atoms with Crippen LogP contribution in [-0.2, 0) is 6.42 Å². The highest BCUT2D eigenvalue weighted by atomic mass is 35.5. The molecule has 0 aliphatic carbocycles. The van der Waals surface area contributed by atoms with Crippen LogP contribution in [0.2, 0.25) is 5.28 Å². The molecule has 0 bridgehead atoms. The molecule has 2 nitrogen and oxygen atoms in total. The van der Waals surface area contributed by atoms with Gasteiger partial charge in [0.05, 0.1) is 5.69 Å². The molecule has 1 heterocycles. The molecule has 94 valence electrons. The van der Waals surface area contributed by atoms with Gasteiger partial charge in [0.2, 0.25) is 5.28 Å². The average Bonchev–Trinajstić information content (AvgIpc) is 2.27. The summed E-state index contributed by atoms with van der Waals surface area (Å²) in [5.41, 5.74) is 3.55. The Kier molecular flexibility index (Phi) is 3.67. The van der Waals surface area contributed by atoms with Crippen molar-refractivity contribution in [2.75, 3.05) is 0 Å². The largest absolute Gasteiger partial charge is 0.226 e. The van der Waals surface area contributed by atoms with E-state index in [-0.39, 0.29) is 10.7 Å². The van der Waals surface area contributed by atoms with E-state index >= 15 is 0 Å². The predicted molar refractivity (Wildman–Crippen MR) is 75.6 cm³/mol. The van der Waals surface area contributed by atoms with Crippen LogP contribution in [0.4, 0.5) is 0 Å². The van der Waals surface area contributed by atoms with E-state index < -0.39 is 0 Å². The summed E-state index contributed by atoms with van der Waals surface area (Å²) in [6.07, 6.45) is 2.72. The zero-order chi connectivity index (χ0) is 13.2. The third-order valence-corrected chi connectivity index (χ3v) is 2.77. The van der Waals surface area contributed by atoms with Gasteiger partial charge in [0.15, 0.2) is 0 Å². The fourth-order valence-corrected chi connectivity index (χ4v) is 2.10. The molecule has 2 rings (SSSR count). The number of halogens is 1. The van der Waals surface area contributed by atoms with Gasteiger partial charge in [0.25, 0.3) is 0 Å². The Morgan fingerprint density at radius 1 is 1.17 bits per heavy atom. The summed E-state index contributed by atoms with van der Waals surface area (Å²) >= 11 is 5.82. The van der Waals surface area contributed by atoms with Crippen molar-refractivity contribution in [3.05, 3.63) is 47.4 Å². The van der Waals surface area contributed by atoms with Crippen LogP contribution in [0.15, 0.2) is 36.5 Å². The molecular weight excluding hydrogens is 244 g/mol. The second-order valence-corrected chi connectivity index (χ2v) is 5.99. The summed E-state index contributed by atoms with van der Waals surface area (Å²) in [4.78, 5) is 8.14. The number of rotatable bonds is 2. The lowest BCUT2D eigenvalue weighted by Gasteiger charge is -2.18. The highest BCUT2D eigenvalue weighted by Crippen LogP contribution is 2.24. The third-order valence-electron chi connectivity index (χ3n) is 2.58. The Morgan fingerprint density at radius 3 is 2.61 bits per heavy atom. The first-order chi connectivity index (χ1) is 8.44. The summed E-state index contributed by atoms with van der Waals surface area (Å²) < 4.78 is 0. The molecule has 0 aliphatic heterocycles.